The van der Waals surface area contributed by atoms with Crippen LogP contribution in [0.5, 0.6) is 0 Å². The first-order valence-electron chi connectivity index (χ1n) is 3.94. The van der Waals surface area contributed by atoms with Crippen LogP contribution < -0.4 is 0 Å². The second-order valence-electron chi connectivity index (χ2n) is 2.93. The van der Waals surface area contributed by atoms with E-state index in [4.69, 9.17) is 5.53 Å². The molecule has 3 heteroatoms. The van der Waals surface area contributed by atoms with Crippen molar-refractivity contribution in [3.8, 4) is 0 Å². The molecule has 0 heterocycles. The van der Waals surface area contributed by atoms with Crippen molar-refractivity contribution in [3.63, 3.8) is 0 Å². The fourth-order valence-corrected chi connectivity index (χ4v) is 1.12. The van der Waals surface area contributed by atoms with E-state index in [1.807, 2.05) is 26.0 Å². The molecule has 0 saturated heterocycles. The lowest BCUT2D eigenvalue weighted by Gasteiger charge is -2.00. The fourth-order valence-electron chi connectivity index (χ4n) is 1.12. The zero-order chi connectivity index (χ0) is 9.84. The van der Waals surface area contributed by atoms with Crippen molar-refractivity contribution in [2.75, 3.05) is 0 Å². The summed E-state index contributed by atoms with van der Waals surface area (Å²) in [4.78, 5) is 14.0. The Morgan fingerprint density at radius 1 is 1.46 bits per heavy atom. The van der Waals surface area contributed by atoms with Crippen LogP contribution in [0.4, 0.5) is 0 Å². The number of ketones is 1. The lowest BCUT2D eigenvalue weighted by atomic mass is 10.0. The molecule has 0 aliphatic rings. The Morgan fingerprint density at radius 3 is 2.77 bits per heavy atom. The highest BCUT2D eigenvalue weighted by Crippen LogP contribution is 2.10. The minimum atomic E-state index is -0.274. The van der Waals surface area contributed by atoms with Gasteiger partial charge in [0.15, 0.2) is 0 Å². The molecule has 0 unspecified atom stereocenters. The SMILES string of the molecule is Cc1ccc(C)c(C(=O)C=[N+]=[N-])c1. The predicted octanol–water partition coefficient (Wildman–Crippen LogP) is 1.79. The third kappa shape index (κ3) is 2.10. The van der Waals surface area contributed by atoms with Crippen molar-refractivity contribution < 1.29 is 9.58 Å². The standard InChI is InChI=1S/C10H10N2O/c1-7-3-4-8(2)9(5-7)10(13)6-12-11/h3-6H,1-2H3. The zero-order valence-electron chi connectivity index (χ0n) is 7.61. The molecular formula is C10H10N2O. The van der Waals surface area contributed by atoms with E-state index in [-0.39, 0.29) is 5.78 Å². The first-order chi connectivity index (χ1) is 6.15. The van der Waals surface area contributed by atoms with Crippen molar-refractivity contribution >= 4 is 12.0 Å². The summed E-state index contributed by atoms with van der Waals surface area (Å²) >= 11 is 0. The number of aryl methyl sites for hydroxylation is 2. The molecule has 0 bridgehead atoms. The maximum atomic E-state index is 11.3. The lowest BCUT2D eigenvalue weighted by molar-refractivity contribution is 0.00234. The number of hydrogen-bond acceptors (Lipinski definition) is 1. The van der Waals surface area contributed by atoms with Gasteiger partial charge in [0.05, 0.1) is 0 Å². The molecule has 0 aliphatic carbocycles. The highest BCUT2D eigenvalue weighted by molar-refractivity contribution is 6.33. The summed E-state index contributed by atoms with van der Waals surface area (Å²) in [5.41, 5.74) is 10.7. The van der Waals surface area contributed by atoms with Gasteiger partial charge in [0.2, 0.25) is 0 Å². The molecule has 0 aliphatic heterocycles. The molecule has 0 atom stereocenters. The van der Waals surface area contributed by atoms with Crippen LogP contribution in [0.3, 0.4) is 0 Å². The molecule has 13 heavy (non-hydrogen) atoms. The Bertz CT molecular complexity index is 390. The number of benzene rings is 1. The fraction of sp³-hybridized carbons (Fsp3) is 0.200. The summed E-state index contributed by atoms with van der Waals surface area (Å²) in [6.07, 6.45) is 0.905. The van der Waals surface area contributed by atoms with Crippen LogP contribution in [0, 0.1) is 13.8 Å². The third-order valence-electron chi connectivity index (χ3n) is 1.83. The van der Waals surface area contributed by atoms with Gasteiger partial charge < -0.3 is 5.53 Å². The average Bonchev–Trinajstić information content (AvgIpc) is 2.09. The van der Waals surface area contributed by atoms with Gasteiger partial charge in [-0.2, -0.15) is 4.79 Å². The number of hydrogen-bond donors (Lipinski definition) is 0. The Balaban J connectivity index is 3.20. The third-order valence-corrected chi connectivity index (χ3v) is 1.83. The number of carbonyl (C=O) groups is 1. The first kappa shape index (κ1) is 9.36. The Hall–Kier alpha value is -1.73. The maximum Gasteiger partial charge on any atom is 0.328 e. The van der Waals surface area contributed by atoms with Gasteiger partial charge in [0, 0.05) is 5.56 Å². The molecule has 3 nitrogen and oxygen atoms in total. The predicted molar refractivity (Wildman–Crippen MR) is 49.9 cm³/mol. The topological polar surface area (TPSA) is 53.5 Å². The Kier molecular flexibility index (Phi) is 2.72. The molecule has 0 radical (unpaired) electrons. The zero-order valence-corrected chi connectivity index (χ0v) is 7.61. The molecule has 1 aromatic rings. The molecular weight excluding hydrogens is 164 g/mol. The molecule has 0 spiro atoms. The highest BCUT2D eigenvalue weighted by atomic mass is 16.1. The summed E-state index contributed by atoms with van der Waals surface area (Å²) in [5.74, 6) is -0.274. The van der Waals surface area contributed by atoms with E-state index in [1.165, 1.54) is 0 Å². The molecule has 0 amide bonds. The number of rotatable bonds is 2. The van der Waals surface area contributed by atoms with Gasteiger partial charge in [-0.05, 0) is 25.5 Å². The van der Waals surface area contributed by atoms with Gasteiger partial charge in [0.25, 0.3) is 5.78 Å². The minimum Gasteiger partial charge on any atom is -0.361 e. The van der Waals surface area contributed by atoms with Crippen LogP contribution in [0.1, 0.15) is 21.5 Å². The van der Waals surface area contributed by atoms with Gasteiger partial charge in [0.1, 0.15) is 0 Å². The normalized spacial score (nSPS) is 9.08. The van der Waals surface area contributed by atoms with Crippen molar-refractivity contribution in [1.29, 1.82) is 0 Å². The number of carbonyl (C=O) groups excluding carboxylic acids is 1. The molecule has 66 valence electrons. The van der Waals surface area contributed by atoms with E-state index in [0.29, 0.717) is 5.56 Å². The van der Waals surface area contributed by atoms with Crippen molar-refractivity contribution in [3.05, 3.63) is 40.4 Å². The summed E-state index contributed by atoms with van der Waals surface area (Å²) in [5, 5.41) is 0. The van der Waals surface area contributed by atoms with Crippen LogP contribution in [0.25, 0.3) is 5.53 Å². The largest absolute Gasteiger partial charge is 0.361 e. The van der Waals surface area contributed by atoms with Gasteiger partial charge >= 0.3 is 6.21 Å². The van der Waals surface area contributed by atoms with Gasteiger partial charge in [-0.25, -0.2) is 0 Å². The molecule has 0 N–H and O–H groups in total. The molecule has 0 fully saturated rings. The maximum absolute atomic E-state index is 11.3. The first-order valence-corrected chi connectivity index (χ1v) is 3.94. The summed E-state index contributed by atoms with van der Waals surface area (Å²) < 4.78 is 0. The summed E-state index contributed by atoms with van der Waals surface area (Å²) in [7, 11) is 0. The van der Waals surface area contributed by atoms with Crippen molar-refractivity contribution in [1.82, 2.24) is 0 Å². The summed E-state index contributed by atoms with van der Waals surface area (Å²) in [6.45, 7) is 3.75. The molecule has 0 saturated carbocycles. The molecule has 1 rings (SSSR count). The second-order valence-corrected chi connectivity index (χ2v) is 2.93. The smallest absolute Gasteiger partial charge is 0.328 e. The van der Waals surface area contributed by atoms with E-state index >= 15 is 0 Å². The van der Waals surface area contributed by atoms with Gasteiger partial charge in [-0.15, -0.1) is 0 Å². The van der Waals surface area contributed by atoms with Crippen LogP contribution in [-0.4, -0.2) is 16.8 Å². The minimum absolute atomic E-state index is 0.274. The van der Waals surface area contributed by atoms with Crippen LogP contribution in [0.15, 0.2) is 18.2 Å². The van der Waals surface area contributed by atoms with E-state index in [0.717, 1.165) is 17.3 Å². The quantitative estimate of drug-likeness (QED) is 0.292. The van der Waals surface area contributed by atoms with E-state index in [9.17, 15) is 4.79 Å². The second kappa shape index (κ2) is 3.78. The molecule has 1 aromatic carbocycles. The lowest BCUT2D eigenvalue weighted by Crippen LogP contribution is -2.03. The Labute approximate surface area is 76.6 Å². The van der Waals surface area contributed by atoms with Crippen LogP contribution in [0.2, 0.25) is 0 Å². The van der Waals surface area contributed by atoms with Crippen molar-refractivity contribution in [2.24, 2.45) is 0 Å². The summed E-state index contributed by atoms with van der Waals surface area (Å²) in [6, 6.07) is 5.58. The molecule has 0 aromatic heterocycles. The van der Waals surface area contributed by atoms with E-state index < -0.39 is 0 Å². The van der Waals surface area contributed by atoms with Crippen LogP contribution in [-0.2, 0) is 0 Å². The highest BCUT2D eigenvalue weighted by Gasteiger charge is 2.09. The van der Waals surface area contributed by atoms with Crippen molar-refractivity contribution in [2.45, 2.75) is 13.8 Å². The number of Topliss-reactive ketones (excluding diaryl/α,β-unsaturated/α-hetero) is 1. The number of nitrogens with zero attached hydrogens (tertiary/aromatic N) is 2. The van der Waals surface area contributed by atoms with E-state index in [2.05, 4.69) is 4.79 Å². The van der Waals surface area contributed by atoms with E-state index in [1.54, 1.807) is 6.07 Å². The monoisotopic (exact) mass is 174 g/mol. The van der Waals surface area contributed by atoms with Gasteiger partial charge in [-0.1, -0.05) is 17.7 Å². The van der Waals surface area contributed by atoms with Gasteiger partial charge in [-0.3, -0.25) is 4.79 Å². The van der Waals surface area contributed by atoms with Crippen LogP contribution >= 0.6 is 0 Å². The average molecular weight is 174 g/mol. The Morgan fingerprint density at radius 2 is 2.15 bits per heavy atom.